The van der Waals surface area contributed by atoms with Crippen LogP contribution in [0, 0.1) is 0 Å². The van der Waals surface area contributed by atoms with Crippen LogP contribution in [0.4, 0.5) is 0 Å². The van der Waals surface area contributed by atoms with Gasteiger partial charge in [-0.15, -0.1) is 0 Å². The number of hydrogen-bond donors (Lipinski definition) is 2. The zero-order chi connectivity index (χ0) is 15.4. The molecule has 0 aliphatic rings. The summed E-state index contributed by atoms with van der Waals surface area (Å²) < 4.78 is 15.7. The molecule has 0 radical (unpaired) electrons. The summed E-state index contributed by atoms with van der Waals surface area (Å²) >= 11 is 0. The SMILES string of the molecule is C=CC(=O)OC(C)CCCCCCCCCP(=O)(O)O. The van der Waals surface area contributed by atoms with Gasteiger partial charge in [-0.25, -0.2) is 4.79 Å². The summed E-state index contributed by atoms with van der Waals surface area (Å²) in [6.07, 6.45) is 8.76. The monoisotopic (exact) mass is 306 g/mol. The minimum atomic E-state index is -3.81. The first-order chi connectivity index (χ1) is 9.35. The van der Waals surface area contributed by atoms with Crippen molar-refractivity contribution in [1.82, 2.24) is 0 Å². The Labute approximate surface area is 121 Å². The largest absolute Gasteiger partial charge is 0.460 e. The van der Waals surface area contributed by atoms with Crippen molar-refractivity contribution in [3.63, 3.8) is 0 Å². The lowest BCUT2D eigenvalue weighted by molar-refractivity contribution is -0.142. The minimum Gasteiger partial charge on any atom is -0.460 e. The Bertz CT molecular complexity index is 324. The van der Waals surface area contributed by atoms with E-state index < -0.39 is 7.60 Å². The van der Waals surface area contributed by atoms with Crippen LogP contribution in [0.1, 0.15) is 58.3 Å². The van der Waals surface area contributed by atoms with Crippen LogP contribution < -0.4 is 0 Å². The maximum Gasteiger partial charge on any atom is 0.330 e. The van der Waals surface area contributed by atoms with Crippen LogP contribution in [0.5, 0.6) is 0 Å². The molecule has 0 fully saturated rings. The first-order valence-electron chi connectivity index (χ1n) is 7.23. The molecule has 0 amide bonds. The first kappa shape index (κ1) is 19.4. The number of esters is 1. The molecule has 0 aromatic rings. The summed E-state index contributed by atoms with van der Waals surface area (Å²) in [5.74, 6) is -0.373. The van der Waals surface area contributed by atoms with E-state index in [2.05, 4.69) is 6.58 Å². The van der Waals surface area contributed by atoms with Crippen molar-refractivity contribution in [1.29, 1.82) is 0 Å². The van der Waals surface area contributed by atoms with Crippen molar-refractivity contribution in [2.45, 2.75) is 64.4 Å². The Hall–Kier alpha value is -0.640. The molecule has 2 N–H and O–H groups in total. The molecule has 0 aliphatic heterocycles. The van der Waals surface area contributed by atoms with Gasteiger partial charge in [-0.2, -0.15) is 0 Å². The van der Waals surface area contributed by atoms with Gasteiger partial charge >= 0.3 is 13.6 Å². The highest BCUT2D eigenvalue weighted by atomic mass is 31.2. The Morgan fingerprint density at radius 3 is 2.15 bits per heavy atom. The lowest BCUT2D eigenvalue weighted by Crippen LogP contribution is -2.12. The van der Waals surface area contributed by atoms with Crippen molar-refractivity contribution in [3.05, 3.63) is 12.7 Å². The van der Waals surface area contributed by atoms with Gasteiger partial charge < -0.3 is 14.5 Å². The second-order valence-electron chi connectivity index (χ2n) is 5.10. The Morgan fingerprint density at radius 1 is 1.15 bits per heavy atom. The highest BCUT2D eigenvalue weighted by Crippen LogP contribution is 2.35. The quantitative estimate of drug-likeness (QED) is 0.250. The number of rotatable bonds is 12. The molecule has 0 rings (SSSR count). The van der Waals surface area contributed by atoms with E-state index in [0.29, 0.717) is 6.42 Å². The van der Waals surface area contributed by atoms with Crippen LogP contribution >= 0.6 is 7.60 Å². The average Bonchev–Trinajstić information content (AvgIpc) is 2.35. The fourth-order valence-electron chi connectivity index (χ4n) is 1.94. The van der Waals surface area contributed by atoms with E-state index in [1.165, 1.54) is 6.08 Å². The Balaban J connectivity index is 3.30. The molecule has 0 heterocycles. The highest BCUT2D eigenvalue weighted by molar-refractivity contribution is 7.51. The molecule has 0 spiro atoms. The van der Waals surface area contributed by atoms with Crippen LogP contribution in [0.25, 0.3) is 0 Å². The van der Waals surface area contributed by atoms with Gasteiger partial charge in [-0.3, -0.25) is 4.57 Å². The molecule has 5 nitrogen and oxygen atoms in total. The number of carbonyl (C=O) groups is 1. The van der Waals surface area contributed by atoms with Crippen LogP contribution in [0.15, 0.2) is 12.7 Å². The summed E-state index contributed by atoms with van der Waals surface area (Å²) in [5.41, 5.74) is 0. The van der Waals surface area contributed by atoms with E-state index in [-0.39, 0.29) is 18.2 Å². The average molecular weight is 306 g/mol. The molecule has 0 saturated heterocycles. The first-order valence-corrected chi connectivity index (χ1v) is 9.02. The number of hydrogen-bond acceptors (Lipinski definition) is 3. The van der Waals surface area contributed by atoms with Crippen molar-refractivity contribution >= 4 is 13.6 Å². The predicted molar refractivity (Wildman–Crippen MR) is 79.6 cm³/mol. The fraction of sp³-hybridized carbons (Fsp3) is 0.786. The van der Waals surface area contributed by atoms with Gasteiger partial charge in [0.15, 0.2) is 0 Å². The van der Waals surface area contributed by atoms with Gasteiger partial charge in [-0.05, 0) is 26.2 Å². The molecule has 0 aromatic heterocycles. The molecule has 20 heavy (non-hydrogen) atoms. The second kappa shape index (κ2) is 11.1. The van der Waals surface area contributed by atoms with E-state index in [1.54, 1.807) is 0 Å². The van der Waals surface area contributed by atoms with Crippen LogP contribution in [-0.2, 0) is 14.1 Å². The van der Waals surface area contributed by atoms with Crippen LogP contribution in [-0.4, -0.2) is 28.0 Å². The summed E-state index contributed by atoms with van der Waals surface area (Å²) in [6.45, 7) is 5.23. The fourth-order valence-corrected chi connectivity index (χ4v) is 2.57. The number of ether oxygens (including phenoxy) is 1. The van der Waals surface area contributed by atoms with E-state index in [0.717, 1.165) is 44.9 Å². The third-order valence-electron chi connectivity index (χ3n) is 3.04. The zero-order valence-corrected chi connectivity index (χ0v) is 13.2. The molecular weight excluding hydrogens is 279 g/mol. The van der Waals surface area contributed by atoms with Crippen LogP contribution in [0.2, 0.25) is 0 Å². The maximum absolute atomic E-state index is 10.9. The van der Waals surface area contributed by atoms with Crippen molar-refractivity contribution in [2.75, 3.05) is 6.16 Å². The maximum atomic E-state index is 10.9. The molecule has 118 valence electrons. The normalized spacial score (nSPS) is 12.9. The van der Waals surface area contributed by atoms with Gasteiger partial charge in [0.1, 0.15) is 0 Å². The highest BCUT2D eigenvalue weighted by Gasteiger charge is 2.11. The third-order valence-corrected chi connectivity index (χ3v) is 3.94. The molecule has 1 unspecified atom stereocenters. The second-order valence-corrected chi connectivity index (χ2v) is 6.88. The smallest absolute Gasteiger partial charge is 0.330 e. The number of carbonyl (C=O) groups excluding carboxylic acids is 1. The standard InChI is InChI=1S/C14H27O5P/c1-3-14(15)19-13(2)11-9-7-5-4-6-8-10-12-20(16,17)18/h3,13H,1,4-12H2,2H3,(H2,16,17,18). The van der Waals surface area contributed by atoms with Crippen molar-refractivity contribution in [3.8, 4) is 0 Å². The lowest BCUT2D eigenvalue weighted by atomic mass is 10.1. The zero-order valence-electron chi connectivity index (χ0n) is 12.3. The molecule has 0 aromatic carbocycles. The Kier molecular flexibility index (Phi) is 10.7. The van der Waals surface area contributed by atoms with E-state index in [1.807, 2.05) is 6.92 Å². The summed E-state index contributed by atoms with van der Waals surface area (Å²) in [6, 6.07) is 0. The van der Waals surface area contributed by atoms with Crippen molar-refractivity contribution < 1.29 is 23.9 Å². The molecule has 0 aliphatic carbocycles. The van der Waals surface area contributed by atoms with Crippen molar-refractivity contribution in [2.24, 2.45) is 0 Å². The van der Waals surface area contributed by atoms with Gasteiger partial charge in [0.25, 0.3) is 0 Å². The predicted octanol–water partition coefficient (Wildman–Crippen LogP) is 3.40. The number of unbranched alkanes of at least 4 members (excludes halogenated alkanes) is 6. The molecule has 0 bridgehead atoms. The summed E-state index contributed by atoms with van der Waals surface area (Å²) in [5, 5.41) is 0. The van der Waals surface area contributed by atoms with Gasteiger partial charge in [0, 0.05) is 12.2 Å². The summed E-state index contributed by atoms with van der Waals surface area (Å²) in [7, 11) is -3.81. The minimum absolute atomic E-state index is 0.000808. The molecule has 0 saturated carbocycles. The summed E-state index contributed by atoms with van der Waals surface area (Å²) in [4.78, 5) is 28.3. The van der Waals surface area contributed by atoms with E-state index in [9.17, 15) is 9.36 Å². The van der Waals surface area contributed by atoms with Gasteiger partial charge in [-0.1, -0.05) is 38.7 Å². The van der Waals surface area contributed by atoms with E-state index in [4.69, 9.17) is 14.5 Å². The topological polar surface area (TPSA) is 83.8 Å². The molecule has 1 atom stereocenters. The van der Waals surface area contributed by atoms with Gasteiger partial charge in [0.05, 0.1) is 6.10 Å². The van der Waals surface area contributed by atoms with E-state index >= 15 is 0 Å². The molecule has 6 heteroatoms. The molecular formula is C14H27O5P. The van der Waals surface area contributed by atoms with Crippen LogP contribution in [0.3, 0.4) is 0 Å². The third kappa shape index (κ3) is 13.8. The Morgan fingerprint density at radius 2 is 1.65 bits per heavy atom. The lowest BCUT2D eigenvalue weighted by Gasteiger charge is -2.11. The van der Waals surface area contributed by atoms with Gasteiger partial charge in [0.2, 0.25) is 0 Å².